The Kier molecular flexibility index (Phi) is 10.2. The maximum Gasteiger partial charge on any atom is 0.186 e. The molecule has 14 atom stereocenters. The Morgan fingerprint density at radius 2 is 1.67 bits per heavy atom. The molecule has 42 heavy (non-hydrogen) atoms. The number of hydrogen-bond donors (Lipinski definition) is 5. The molecule has 0 aromatic rings. The van der Waals surface area contributed by atoms with Gasteiger partial charge < -0.3 is 35.0 Å². The summed E-state index contributed by atoms with van der Waals surface area (Å²) in [5, 5.41) is 50.0. The molecule has 242 valence electrons. The van der Waals surface area contributed by atoms with E-state index in [1.807, 2.05) is 0 Å². The van der Waals surface area contributed by atoms with Gasteiger partial charge in [0.25, 0.3) is 0 Å². The molecule has 3 saturated carbocycles. The van der Waals surface area contributed by atoms with Crippen LogP contribution in [0.5, 0.6) is 0 Å². The molecule has 0 spiro atoms. The Balaban J connectivity index is 1.23. The van der Waals surface area contributed by atoms with Crippen molar-refractivity contribution in [2.24, 2.45) is 52.3 Å². The summed E-state index contributed by atoms with van der Waals surface area (Å²) in [4.78, 5) is 0. The fourth-order valence-corrected chi connectivity index (χ4v) is 10.7. The quantitative estimate of drug-likeness (QED) is 0.231. The van der Waals surface area contributed by atoms with Gasteiger partial charge in [-0.2, -0.15) is 0 Å². The molecule has 5 rings (SSSR count). The third kappa shape index (κ3) is 5.90. The first-order valence-electron chi connectivity index (χ1n) is 17.2. The van der Waals surface area contributed by atoms with E-state index < -0.39 is 37.3 Å². The monoisotopic (exact) mass is 592 g/mol. The summed E-state index contributed by atoms with van der Waals surface area (Å²) in [6, 6.07) is 0. The predicted octanol–water partition coefficient (Wildman–Crippen LogP) is 4.82. The van der Waals surface area contributed by atoms with Crippen LogP contribution in [-0.4, -0.2) is 75.6 Å². The normalized spacial score (nSPS) is 46.9. The average Bonchev–Trinajstić information content (AvgIpc) is 3.32. The van der Waals surface area contributed by atoms with Crippen LogP contribution >= 0.6 is 0 Å². The van der Waals surface area contributed by atoms with Gasteiger partial charge in [0.15, 0.2) is 6.29 Å². The molecule has 0 amide bonds. The van der Waals surface area contributed by atoms with Crippen molar-refractivity contribution in [2.45, 2.75) is 142 Å². The van der Waals surface area contributed by atoms with Crippen molar-refractivity contribution in [3.8, 4) is 0 Å². The summed E-state index contributed by atoms with van der Waals surface area (Å²) in [5.41, 5.74) is 2.09. The first kappa shape index (κ1) is 32.8. The number of ether oxygens (including phenoxy) is 2. The summed E-state index contributed by atoms with van der Waals surface area (Å²) in [7, 11) is 0. The summed E-state index contributed by atoms with van der Waals surface area (Å²) >= 11 is 0. The van der Waals surface area contributed by atoms with Crippen LogP contribution in [0.3, 0.4) is 0 Å². The lowest BCUT2D eigenvalue weighted by atomic mass is 9.47. The van der Waals surface area contributed by atoms with E-state index in [0.717, 1.165) is 55.8 Å². The van der Waals surface area contributed by atoms with Crippen molar-refractivity contribution in [1.29, 1.82) is 0 Å². The van der Waals surface area contributed by atoms with Crippen molar-refractivity contribution >= 4 is 0 Å². The minimum atomic E-state index is -1.41. The van der Waals surface area contributed by atoms with Crippen LogP contribution in [0, 0.1) is 52.3 Å². The zero-order valence-corrected chi connectivity index (χ0v) is 26.8. The third-order valence-electron chi connectivity index (χ3n) is 13.4. The molecule has 1 aliphatic heterocycles. The van der Waals surface area contributed by atoms with Gasteiger partial charge in [-0.1, -0.05) is 52.7 Å². The van der Waals surface area contributed by atoms with E-state index >= 15 is 0 Å². The third-order valence-corrected chi connectivity index (χ3v) is 13.4. The van der Waals surface area contributed by atoms with Crippen molar-refractivity contribution < 1.29 is 35.0 Å². The van der Waals surface area contributed by atoms with Crippen LogP contribution in [0.1, 0.15) is 105 Å². The van der Waals surface area contributed by atoms with E-state index in [9.17, 15) is 25.5 Å². The molecule has 7 nitrogen and oxygen atoms in total. The Labute approximate surface area is 254 Å². The summed E-state index contributed by atoms with van der Waals surface area (Å²) in [6.07, 6.45) is 8.96. The first-order valence-corrected chi connectivity index (χ1v) is 17.2. The summed E-state index contributed by atoms with van der Waals surface area (Å²) in [6.45, 7) is 12.1. The minimum Gasteiger partial charge on any atom is -0.396 e. The average molecular weight is 593 g/mol. The molecule has 7 heteroatoms. The highest BCUT2D eigenvalue weighted by molar-refractivity contribution is 5.25. The standard InChI is InChI=1S/C35H60O7/c1-20(2)22(14-17-36)7-6-21(3)26-10-11-27-25-9-8-23-18-24(12-15-34(23,4)28(25)13-16-35(26,27)5)41-33-32(40)31(39)30(38)29(19-37)42-33/h8,20-22,24-33,36-40H,6-7,9-19H2,1-5H3/t21-,22+,24?,25+,26-,27+,28+,29-,30-,31+,32-,33-,34+,35-/m1/s1. The predicted molar refractivity (Wildman–Crippen MR) is 162 cm³/mol. The Bertz CT molecular complexity index is 936. The zero-order valence-electron chi connectivity index (χ0n) is 26.8. The van der Waals surface area contributed by atoms with Crippen molar-refractivity contribution in [3.05, 3.63) is 11.6 Å². The van der Waals surface area contributed by atoms with E-state index in [1.54, 1.807) is 0 Å². The highest BCUT2D eigenvalue weighted by Gasteiger charge is 2.59. The number of aliphatic hydroxyl groups excluding tert-OH is 5. The maximum atomic E-state index is 10.5. The van der Waals surface area contributed by atoms with Crippen LogP contribution in [0.15, 0.2) is 11.6 Å². The highest BCUT2D eigenvalue weighted by Crippen LogP contribution is 2.67. The second-order valence-electron chi connectivity index (χ2n) is 15.8. The van der Waals surface area contributed by atoms with Crippen LogP contribution in [0.2, 0.25) is 0 Å². The Morgan fingerprint density at radius 1 is 0.905 bits per heavy atom. The smallest absolute Gasteiger partial charge is 0.186 e. The number of rotatable bonds is 10. The van der Waals surface area contributed by atoms with Crippen molar-refractivity contribution in [2.75, 3.05) is 13.2 Å². The number of allylic oxidation sites excluding steroid dienone is 1. The lowest BCUT2D eigenvalue weighted by Gasteiger charge is -2.58. The zero-order chi connectivity index (χ0) is 30.4. The molecular weight excluding hydrogens is 532 g/mol. The molecule has 0 aromatic heterocycles. The molecule has 4 fully saturated rings. The topological polar surface area (TPSA) is 120 Å². The molecule has 5 N–H and O–H groups in total. The van der Waals surface area contributed by atoms with E-state index in [4.69, 9.17) is 9.47 Å². The van der Waals surface area contributed by atoms with Gasteiger partial charge in [-0.25, -0.2) is 0 Å². The van der Waals surface area contributed by atoms with Crippen molar-refractivity contribution in [3.63, 3.8) is 0 Å². The van der Waals surface area contributed by atoms with Gasteiger partial charge in [0.2, 0.25) is 0 Å². The first-order chi connectivity index (χ1) is 19.9. The molecule has 4 aliphatic carbocycles. The molecule has 1 heterocycles. The Hall–Kier alpha value is -0.540. The van der Waals surface area contributed by atoms with Gasteiger partial charge in [-0.05, 0) is 116 Å². The SMILES string of the molecule is CC(C)[C@H](CCO)CC[C@@H](C)[C@H]1CC[C@H]2[C@@H]3CC=C4CC(O[C@@H]5O[C@H](CO)[C@@H](O)[C@H](O)[C@H]5O)CC[C@]4(C)[C@H]3CC[C@]12C. The highest BCUT2D eigenvalue weighted by atomic mass is 16.7. The molecule has 5 aliphatic rings. The number of fused-ring (bicyclic) bond motifs is 5. The molecule has 0 bridgehead atoms. The van der Waals surface area contributed by atoms with Gasteiger partial charge in [-0.15, -0.1) is 0 Å². The second-order valence-corrected chi connectivity index (χ2v) is 15.8. The van der Waals surface area contributed by atoms with Crippen molar-refractivity contribution in [1.82, 2.24) is 0 Å². The molecule has 1 unspecified atom stereocenters. The van der Waals surface area contributed by atoms with Gasteiger partial charge in [0.05, 0.1) is 12.7 Å². The van der Waals surface area contributed by atoms with E-state index in [0.29, 0.717) is 29.8 Å². The Morgan fingerprint density at radius 3 is 2.36 bits per heavy atom. The van der Waals surface area contributed by atoms with Gasteiger partial charge >= 0.3 is 0 Å². The van der Waals surface area contributed by atoms with Gasteiger partial charge in [0, 0.05) is 6.61 Å². The summed E-state index contributed by atoms with van der Waals surface area (Å²) in [5.74, 6) is 5.03. The minimum absolute atomic E-state index is 0.117. The van der Waals surface area contributed by atoms with E-state index in [-0.39, 0.29) is 11.5 Å². The van der Waals surface area contributed by atoms with Crippen LogP contribution in [0.25, 0.3) is 0 Å². The van der Waals surface area contributed by atoms with Gasteiger partial charge in [-0.3, -0.25) is 0 Å². The fraction of sp³-hybridized carbons (Fsp3) is 0.943. The second kappa shape index (κ2) is 13.1. The lowest BCUT2D eigenvalue weighted by molar-refractivity contribution is -0.313. The summed E-state index contributed by atoms with van der Waals surface area (Å²) < 4.78 is 11.9. The van der Waals surface area contributed by atoms with Crippen LogP contribution in [0.4, 0.5) is 0 Å². The fourth-order valence-electron chi connectivity index (χ4n) is 10.7. The van der Waals surface area contributed by atoms with Crippen LogP contribution < -0.4 is 0 Å². The van der Waals surface area contributed by atoms with Gasteiger partial charge in [0.1, 0.15) is 24.4 Å². The largest absolute Gasteiger partial charge is 0.396 e. The number of aliphatic hydroxyl groups is 5. The molecule has 0 aromatic carbocycles. The lowest BCUT2D eigenvalue weighted by Crippen LogP contribution is -2.60. The van der Waals surface area contributed by atoms with E-state index in [1.165, 1.54) is 44.1 Å². The molecule has 0 radical (unpaired) electrons. The van der Waals surface area contributed by atoms with E-state index in [2.05, 4.69) is 40.7 Å². The molecule has 1 saturated heterocycles. The maximum absolute atomic E-state index is 10.5. The number of hydrogen-bond acceptors (Lipinski definition) is 7. The molecular formula is C35H60O7. The van der Waals surface area contributed by atoms with Crippen LogP contribution in [-0.2, 0) is 9.47 Å².